The maximum atomic E-state index is 12.2. The second-order valence-corrected chi connectivity index (χ2v) is 5.08. The normalized spacial score (nSPS) is 12.0. The molecular formula is C17H21NO3. The average Bonchev–Trinajstić information content (AvgIpc) is 2.99. The smallest absolute Gasteiger partial charge is 0.261 e. The summed E-state index contributed by atoms with van der Waals surface area (Å²) in [6.45, 7) is 6.28. The summed E-state index contributed by atoms with van der Waals surface area (Å²) in [4.78, 5) is 12.2. The van der Waals surface area contributed by atoms with Crippen LogP contribution >= 0.6 is 0 Å². The quantitative estimate of drug-likeness (QED) is 0.886. The fourth-order valence-corrected chi connectivity index (χ4v) is 2.01. The number of aryl methyl sites for hydroxylation is 2. The number of ether oxygens (including phenoxy) is 1. The molecule has 0 saturated heterocycles. The second kappa shape index (κ2) is 6.97. The predicted octanol–water partition coefficient (Wildman–Crippen LogP) is 3.37. The Balaban J connectivity index is 1.98. The Hall–Kier alpha value is -2.23. The summed E-state index contributed by atoms with van der Waals surface area (Å²) in [6.07, 6.45) is 1.70. The predicted molar refractivity (Wildman–Crippen MR) is 81.2 cm³/mol. The molecular weight excluding hydrogens is 266 g/mol. The molecule has 0 spiro atoms. The Morgan fingerprint density at radius 2 is 2.14 bits per heavy atom. The Morgan fingerprint density at radius 1 is 1.33 bits per heavy atom. The number of nitrogens with one attached hydrogen (secondary N) is 1. The SMILES string of the molecule is CCC(Oc1cc(C)ccc1C)C(=O)NCc1ccco1. The van der Waals surface area contributed by atoms with Crippen LogP contribution in [0.2, 0.25) is 0 Å². The van der Waals surface area contributed by atoms with Gasteiger partial charge < -0.3 is 14.5 Å². The first-order chi connectivity index (χ1) is 10.1. The van der Waals surface area contributed by atoms with E-state index in [2.05, 4.69) is 5.32 Å². The van der Waals surface area contributed by atoms with Crippen molar-refractivity contribution in [3.8, 4) is 5.75 Å². The monoisotopic (exact) mass is 287 g/mol. The van der Waals surface area contributed by atoms with Crippen molar-refractivity contribution >= 4 is 5.91 Å². The van der Waals surface area contributed by atoms with Gasteiger partial charge in [-0.3, -0.25) is 4.79 Å². The molecule has 0 aliphatic rings. The molecule has 0 fully saturated rings. The van der Waals surface area contributed by atoms with Gasteiger partial charge in [0.05, 0.1) is 12.8 Å². The molecule has 0 saturated carbocycles. The third-order valence-electron chi connectivity index (χ3n) is 3.29. The van der Waals surface area contributed by atoms with E-state index in [9.17, 15) is 4.79 Å². The van der Waals surface area contributed by atoms with Crippen molar-refractivity contribution in [3.05, 3.63) is 53.5 Å². The van der Waals surface area contributed by atoms with Gasteiger partial charge in [-0.25, -0.2) is 0 Å². The van der Waals surface area contributed by atoms with E-state index in [4.69, 9.17) is 9.15 Å². The fraction of sp³-hybridized carbons (Fsp3) is 0.353. The van der Waals surface area contributed by atoms with Crippen LogP contribution in [-0.2, 0) is 11.3 Å². The number of furan rings is 1. The molecule has 112 valence electrons. The number of benzene rings is 1. The number of hydrogen-bond acceptors (Lipinski definition) is 3. The highest BCUT2D eigenvalue weighted by Gasteiger charge is 2.19. The zero-order valence-electron chi connectivity index (χ0n) is 12.7. The van der Waals surface area contributed by atoms with Crippen LogP contribution in [-0.4, -0.2) is 12.0 Å². The molecule has 21 heavy (non-hydrogen) atoms. The minimum Gasteiger partial charge on any atom is -0.480 e. The van der Waals surface area contributed by atoms with Crippen LogP contribution in [0.1, 0.15) is 30.2 Å². The Bertz CT molecular complexity index is 590. The van der Waals surface area contributed by atoms with Gasteiger partial charge in [-0.05, 0) is 49.6 Å². The van der Waals surface area contributed by atoms with Crippen LogP contribution in [0.5, 0.6) is 5.75 Å². The third kappa shape index (κ3) is 4.12. The van der Waals surface area contributed by atoms with Gasteiger partial charge in [0, 0.05) is 0 Å². The minimum atomic E-state index is -0.500. The lowest BCUT2D eigenvalue weighted by atomic mass is 10.1. The van der Waals surface area contributed by atoms with E-state index in [1.807, 2.05) is 45.0 Å². The maximum Gasteiger partial charge on any atom is 0.261 e. The minimum absolute atomic E-state index is 0.130. The van der Waals surface area contributed by atoms with Crippen molar-refractivity contribution in [3.63, 3.8) is 0 Å². The molecule has 1 aromatic carbocycles. The van der Waals surface area contributed by atoms with Gasteiger partial charge in [-0.15, -0.1) is 0 Å². The number of carbonyl (C=O) groups excluding carboxylic acids is 1. The van der Waals surface area contributed by atoms with Gasteiger partial charge in [0.25, 0.3) is 5.91 Å². The van der Waals surface area contributed by atoms with Crippen LogP contribution in [0.4, 0.5) is 0 Å². The summed E-state index contributed by atoms with van der Waals surface area (Å²) in [6, 6.07) is 9.61. The number of amides is 1. The van der Waals surface area contributed by atoms with Gasteiger partial charge in [-0.2, -0.15) is 0 Å². The topological polar surface area (TPSA) is 51.5 Å². The third-order valence-corrected chi connectivity index (χ3v) is 3.29. The molecule has 0 bridgehead atoms. The molecule has 0 aliphatic heterocycles. The summed E-state index contributed by atoms with van der Waals surface area (Å²) in [5, 5.41) is 2.83. The second-order valence-electron chi connectivity index (χ2n) is 5.08. The highest BCUT2D eigenvalue weighted by Crippen LogP contribution is 2.21. The van der Waals surface area contributed by atoms with E-state index >= 15 is 0 Å². The lowest BCUT2D eigenvalue weighted by Gasteiger charge is -2.18. The molecule has 0 aliphatic carbocycles. The summed E-state index contributed by atoms with van der Waals surface area (Å²) in [7, 11) is 0. The van der Waals surface area contributed by atoms with E-state index < -0.39 is 6.10 Å². The molecule has 1 N–H and O–H groups in total. The largest absolute Gasteiger partial charge is 0.480 e. The number of hydrogen-bond donors (Lipinski definition) is 1. The van der Waals surface area contributed by atoms with Crippen molar-refractivity contribution in [2.24, 2.45) is 0 Å². The molecule has 1 aromatic heterocycles. The first-order valence-corrected chi connectivity index (χ1v) is 7.14. The van der Waals surface area contributed by atoms with Gasteiger partial charge in [-0.1, -0.05) is 19.1 Å². The summed E-state index contributed by atoms with van der Waals surface area (Å²) < 4.78 is 11.1. The van der Waals surface area contributed by atoms with Crippen molar-refractivity contribution < 1.29 is 13.9 Å². The lowest BCUT2D eigenvalue weighted by molar-refractivity contribution is -0.128. The van der Waals surface area contributed by atoms with E-state index in [0.29, 0.717) is 13.0 Å². The van der Waals surface area contributed by atoms with E-state index in [-0.39, 0.29) is 5.91 Å². The molecule has 1 heterocycles. The van der Waals surface area contributed by atoms with Crippen LogP contribution in [0, 0.1) is 13.8 Å². The van der Waals surface area contributed by atoms with Gasteiger partial charge in [0.2, 0.25) is 0 Å². The molecule has 4 heteroatoms. The Labute approximate surface area is 125 Å². The standard InChI is InChI=1S/C17H21NO3/c1-4-15(17(19)18-11-14-6-5-9-20-14)21-16-10-12(2)7-8-13(16)3/h5-10,15H,4,11H2,1-3H3,(H,18,19). The van der Waals surface area contributed by atoms with Crippen molar-refractivity contribution in [1.82, 2.24) is 5.32 Å². The van der Waals surface area contributed by atoms with Crippen LogP contribution in [0.15, 0.2) is 41.0 Å². The Morgan fingerprint density at radius 3 is 2.81 bits per heavy atom. The van der Waals surface area contributed by atoms with Gasteiger partial charge in [0.1, 0.15) is 11.5 Å². The summed E-state index contributed by atoms with van der Waals surface area (Å²) in [5.41, 5.74) is 2.14. The van der Waals surface area contributed by atoms with Gasteiger partial charge in [0.15, 0.2) is 6.10 Å². The van der Waals surface area contributed by atoms with E-state index in [0.717, 1.165) is 22.6 Å². The zero-order chi connectivity index (χ0) is 15.2. The van der Waals surface area contributed by atoms with E-state index in [1.54, 1.807) is 12.3 Å². The molecule has 0 radical (unpaired) electrons. The first-order valence-electron chi connectivity index (χ1n) is 7.14. The first kappa shape index (κ1) is 15.2. The highest BCUT2D eigenvalue weighted by molar-refractivity contribution is 5.81. The fourth-order valence-electron chi connectivity index (χ4n) is 2.01. The molecule has 2 rings (SSSR count). The van der Waals surface area contributed by atoms with Crippen molar-refractivity contribution in [2.45, 2.75) is 39.8 Å². The van der Waals surface area contributed by atoms with Gasteiger partial charge >= 0.3 is 0 Å². The molecule has 1 unspecified atom stereocenters. The molecule has 2 aromatic rings. The zero-order valence-corrected chi connectivity index (χ0v) is 12.7. The van der Waals surface area contributed by atoms with E-state index in [1.165, 1.54) is 0 Å². The molecule has 4 nitrogen and oxygen atoms in total. The van der Waals surface area contributed by atoms with Crippen molar-refractivity contribution in [1.29, 1.82) is 0 Å². The highest BCUT2D eigenvalue weighted by atomic mass is 16.5. The van der Waals surface area contributed by atoms with Crippen LogP contribution in [0.25, 0.3) is 0 Å². The maximum absolute atomic E-state index is 12.2. The number of carbonyl (C=O) groups is 1. The van der Waals surface area contributed by atoms with Crippen molar-refractivity contribution in [2.75, 3.05) is 0 Å². The molecule has 1 atom stereocenters. The summed E-state index contributed by atoms with van der Waals surface area (Å²) in [5.74, 6) is 1.36. The average molecular weight is 287 g/mol. The number of rotatable bonds is 6. The Kier molecular flexibility index (Phi) is 5.04. The van der Waals surface area contributed by atoms with Crippen LogP contribution < -0.4 is 10.1 Å². The lowest BCUT2D eigenvalue weighted by Crippen LogP contribution is -2.37. The molecule has 1 amide bonds. The summed E-state index contributed by atoms with van der Waals surface area (Å²) >= 11 is 0. The van der Waals surface area contributed by atoms with Crippen LogP contribution in [0.3, 0.4) is 0 Å².